The van der Waals surface area contributed by atoms with Crippen LogP contribution in [-0.4, -0.2) is 25.4 Å². The lowest BCUT2D eigenvalue weighted by molar-refractivity contribution is -0.221. The van der Waals surface area contributed by atoms with Crippen molar-refractivity contribution in [3.05, 3.63) is 0 Å². The predicted octanol–water partition coefficient (Wildman–Crippen LogP) is 2.72. The van der Waals surface area contributed by atoms with Crippen LogP contribution in [0.15, 0.2) is 0 Å². The van der Waals surface area contributed by atoms with Gasteiger partial charge >= 0.3 is 6.18 Å². The lowest BCUT2D eigenvalue weighted by Crippen LogP contribution is -2.34. The number of hydrogen-bond donors (Lipinski definition) is 1. The van der Waals surface area contributed by atoms with E-state index in [9.17, 15) is 13.2 Å². The molecule has 0 aliphatic heterocycles. The molecule has 0 aliphatic carbocycles. The van der Waals surface area contributed by atoms with E-state index in [4.69, 9.17) is 10.5 Å². The molecule has 15 heavy (non-hydrogen) atoms. The first-order chi connectivity index (χ1) is 6.88. The van der Waals surface area contributed by atoms with Crippen LogP contribution in [0, 0.1) is 5.92 Å². The second-order valence-corrected chi connectivity index (χ2v) is 4.01. The summed E-state index contributed by atoms with van der Waals surface area (Å²) in [5, 5.41) is 0. The zero-order valence-corrected chi connectivity index (χ0v) is 9.31. The molecule has 0 bridgehead atoms. The van der Waals surface area contributed by atoms with Gasteiger partial charge in [-0.1, -0.05) is 13.8 Å². The number of alkyl halides is 3. The summed E-state index contributed by atoms with van der Waals surface area (Å²) in [4.78, 5) is 0. The number of ether oxygens (including phenoxy) is 1. The maximum atomic E-state index is 12.3. The van der Waals surface area contributed by atoms with Crippen LogP contribution in [0.25, 0.3) is 0 Å². The molecule has 0 aromatic rings. The van der Waals surface area contributed by atoms with Crippen molar-refractivity contribution in [3.63, 3.8) is 0 Å². The van der Waals surface area contributed by atoms with Gasteiger partial charge < -0.3 is 10.5 Å². The Labute approximate surface area is 89.0 Å². The molecule has 0 radical (unpaired) electrons. The van der Waals surface area contributed by atoms with E-state index in [0.29, 0.717) is 12.3 Å². The van der Waals surface area contributed by atoms with Crippen LogP contribution in [0.5, 0.6) is 0 Å². The van der Waals surface area contributed by atoms with E-state index in [-0.39, 0.29) is 19.6 Å². The minimum absolute atomic E-state index is 0.00560. The van der Waals surface area contributed by atoms with Gasteiger partial charge in [0.15, 0.2) is 6.10 Å². The largest absolute Gasteiger partial charge is 0.414 e. The molecule has 5 heteroatoms. The number of halogens is 3. The topological polar surface area (TPSA) is 35.2 Å². The van der Waals surface area contributed by atoms with Crippen LogP contribution in [-0.2, 0) is 4.74 Å². The number of hydrogen-bond acceptors (Lipinski definition) is 2. The second-order valence-electron chi connectivity index (χ2n) is 4.01. The third-order valence-corrected chi connectivity index (χ3v) is 2.04. The molecule has 0 fully saturated rings. The lowest BCUT2D eigenvalue weighted by Gasteiger charge is -2.20. The van der Waals surface area contributed by atoms with Crippen LogP contribution in [0.4, 0.5) is 13.2 Å². The Morgan fingerprint density at radius 3 is 2.20 bits per heavy atom. The van der Waals surface area contributed by atoms with Crippen molar-refractivity contribution in [2.45, 2.75) is 45.4 Å². The van der Waals surface area contributed by atoms with Gasteiger partial charge in [0.05, 0.1) is 0 Å². The normalized spacial score (nSPS) is 14.6. The van der Waals surface area contributed by atoms with Crippen molar-refractivity contribution in [2.24, 2.45) is 11.7 Å². The minimum atomic E-state index is -4.29. The predicted molar refractivity (Wildman–Crippen MR) is 53.5 cm³/mol. The summed E-state index contributed by atoms with van der Waals surface area (Å²) in [6.45, 7) is 4.21. The van der Waals surface area contributed by atoms with E-state index in [1.807, 2.05) is 13.8 Å². The lowest BCUT2D eigenvalue weighted by atomic mass is 10.1. The van der Waals surface area contributed by atoms with E-state index in [0.717, 1.165) is 6.42 Å². The summed E-state index contributed by atoms with van der Waals surface area (Å²) in [7, 11) is 0. The fraction of sp³-hybridized carbons (Fsp3) is 1.00. The van der Waals surface area contributed by atoms with Crippen LogP contribution in [0.2, 0.25) is 0 Å². The average molecular weight is 227 g/mol. The summed E-state index contributed by atoms with van der Waals surface area (Å²) in [5.41, 5.74) is 5.10. The van der Waals surface area contributed by atoms with Gasteiger partial charge in [0, 0.05) is 6.61 Å². The van der Waals surface area contributed by atoms with Crippen molar-refractivity contribution in [1.82, 2.24) is 0 Å². The SMILES string of the molecule is CC(C)CCCOC(CCN)C(F)(F)F. The van der Waals surface area contributed by atoms with E-state index >= 15 is 0 Å². The van der Waals surface area contributed by atoms with Crippen molar-refractivity contribution in [3.8, 4) is 0 Å². The summed E-state index contributed by atoms with van der Waals surface area (Å²) in [5.74, 6) is 0.493. The molecule has 2 N–H and O–H groups in total. The monoisotopic (exact) mass is 227 g/mol. The molecule has 0 aromatic carbocycles. The standard InChI is InChI=1S/C10H20F3NO/c1-8(2)4-3-7-15-9(5-6-14)10(11,12)13/h8-9H,3-7,14H2,1-2H3. The minimum Gasteiger partial charge on any atom is -0.369 e. The molecule has 0 heterocycles. The molecule has 0 rings (SSSR count). The molecule has 0 amide bonds. The first kappa shape index (κ1) is 14.7. The van der Waals surface area contributed by atoms with Gasteiger partial charge in [0.1, 0.15) is 0 Å². The highest BCUT2D eigenvalue weighted by molar-refractivity contribution is 4.68. The highest BCUT2D eigenvalue weighted by Crippen LogP contribution is 2.25. The molecule has 92 valence electrons. The number of rotatable bonds is 7. The van der Waals surface area contributed by atoms with E-state index in [1.165, 1.54) is 0 Å². The van der Waals surface area contributed by atoms with Crippen LogP contribution in [0.1, 0.15) is 33.1 Å². The van der Waals surface area contributed by atoms with E-state index < -0.39 is 12.3 Å². The molecule has 1 unspecified atom stereocenters. The first-order valence-corrected chi connectivity index (χ1v) is 5.26. The van der Waals surface area contributed by atoms with Gasteiger partial charge in [0.25, 0.3) is 0 Å². The van der Waals surface area contributed by atoms with Gasteiger partial charge in [0.2, 0.25) is 0 Å². The molecule has 0 spiro atoms. The van der Waals surface area contributed by atoms with Gasteiger partial charge in [-0.2, -0.15) is 13.2 Å². The van der Waals surface area contributed by atoms with Crippen LogP contribution in [0.3, 0.4) is 0 Å². The summed E-state index contributed by atoms with van der Waals surface area (Å²) in [6, 6.07) is 0. The van der Waals surface area contributed by atoms with Gasteiger partial charge in [-0.05, 0) is 31.7 Å². The first-order valence-electron chi connectivity index (χ1n) is 5.26. The highest BCUT2D eigenvalue weighted by atomic mass is 19.4. The zero-order valence-electron chi connectivity index (χ0n) is 9.31. The van der Waals surface area contributed by atoms with Crippen molar-refractivity contribution in [1.29, 1.82) is 0 Å². The van der Waals surface area contributed by atoms with E-state index in [1.54, 1.807) is 0 Å². The van der Waals surface area contributed by atoms with Gasteiger partial charge in [-0.15, -0.1) is 0 Å². The summed E-state index contributed by atoms with van der Waals surface area (Å²) in [6.07, 6.45) is -4.61. The Morgan fingerprint density at radius 2 is 1.80 bits per heavy atom. The maximum Gasteiger partial charge on any atom is 0.414 e. The molecular formula is C10H20F3NO. The molecular weight excluding hydrogens is 207 g/mol. The van der Waals surface area contributed by atoms with Gasteiger partial charge in [-0.3, -0.25) is 0 Å². The van der Waals surface area contributed by atoms with Crippen molar-refractivity contribution in [2.75, 3.05) is 13.2 Å². The summed E-state index contributed by atoms with van der Waals surface area (Å²) < 4.78 is 41.7. The molecule has 1 atom stereocenters. The Bertz CT molecular complexity index is 159. The van der Waals surface area contributed by atoms with Crippen LogP contribution < -0.4 is 5.73 Å². The molecule has 0 saturated carbocycles. The fourth-order valence-corrected chi connectivity index (χ4v) is 1.21. The molecule has 2 nitrogen and oxygen atoms in total. The van der Waals surface area contributed by atoms with Crippen LogP contribution >= 0.6 is 0 Å². The maximum absolute atomic E-state index is 12.3. The van der Waals surface area contributed by atoms with Gasteiger partial charge in [-0.25, -0.2) is 0 Å². The second kappa shape index (κ2) is 7.06. The van der Waals surface area contributed by atoms with Crippen molar-refractivity contribution >= 4 is 0 Å². The zero-order chi connectivity index (χ0) is 11.9. The number of nitrogens with two attached hydrogens (primary N) is 1. The average Bonchev–Trinajstić information content (AvgIpc) is 2.08. The molecule has 0 aliphatic rings. The van der Waals surface area contributed by atoms with Crippen molar-refractivity contribution < 1.29 is 17.9 Å². The highest BCUT2D eigenvalue weighted by Gasteiger charge is 2.39. The Hall–Kier alpha value is -0.290. The Kier molecular flexibility index (Phi) is 6.92. The fourth-order valence-electron chi connectivity index (χ4n) is 1.21. The van der Waals surface area contributed by atoms with E-state index in [2.05, 4.69) is 0 Å². The summed E-state index contributed by atoms with van der Waals surface area (Å²) >= 11 is 0. The molecule has 0 saturated heterocycles. The smallest absolute Gasteiger partial charge is 0.369 e. The Morgan fingerprint density at radius 1 is 1.20 bits per heavy atom. The molecule has 0 aromatic heterocycles. The third-order valence-electron chi connectivity index (χ3n) is 2.04. The third kappa shape index (κ3) is 7.62. The quantitative estimate of drug-likeness (QED) is 0.679. The Balaban J connectivity index is 3.77.